The number of aromatic nitrogens is 5. The molecule has 1 atom stereocenters. The highest BCUT2D eigenvalue weighted by Crippen LogP contribution is 2.24. The molecule has 6 rings (SSSR count). The first-order chi connectivity index (χ1) is 15.1. The van der Waals surface area contributed by atoms with Gasteiger partial charge in [0.2, 0.25) is 0 Å². The molecule has 0 bridgehead atoms. The average molecular weight is 416 g/mol. The number of rotatable bonds is 2. The summed E-state index contributed by atoms with van der Waals surface area (Å²) in [6.07, 6.45) is 11.0. The van der Waals surface area contributed by atoms with Crippen molar-refractivity contribution in [2.45, 2.75) is 38.6 Å². The zero-order chi connectivity index (χ0) is 20.9. The van der Waals surface area contributed by atoms with Gasteiger partial charge in [0.25, 0.3) is 0 Å². The highest BCUT2D eigenvalue weighted by molar-refractivity contribution is 6.12. The van der Waals surface area contributed by atoms with E-state index in [-0.39, 0.29) is 0 Å². The molecule has 1 N–H and O–H groups in total. The van der Waals surface area contributed by atoms with Crippen LogP contribution in [0.15, 0.2) is 26.8 Å². The molecule has 2 aliphatic heterocycles. The monoisotopic (exact) mass is 416 g/mol. The predicted octanol–water partition coefficient (Wildman–Crippen LogP) is 0.795. The Morgan fingerprint density at radius 2 is 2.19 bits per heavy atom. The Hall–Kier alpha value is -3.49. The zero-order valence-electron chi connectivity index (χ0n) is 17.7. The summed E-state index contributed by atoms with van der Waals surface area (Å²) in [5, 5.41) is 14.4. The molecule has 0 aromatic carbocycles. The Kier molecular flexibility index (Phi) is 4.15. The summed E-state index contributed by atoms with van der Waals surface area (Å²) in [5.41, 5.74) is 4.16. The number of nitrogens with zero attached hydrogens (tertiary/aromatic N) is 7. The predicted molar refractivity (Wildman–Crippen MR) is 116 cm³/mol. The van der Waals surface area contributed by atoms with E-state index in [0.717, 1.165) is 71.1 Å². The van der Waals surface area contributed by atoms with E-state index in [1.807, 2.05) is 24.9 Å². The molecular formula is C22H24N8O. The topological polar surface area (TPSA) is 100 Å². The van der Waals surface area contributed by atoms with E-state index in [4.69, 9.17) is 14.4 Å². The molecule has 0 spiro atoms. The molecule has 1 unspecified atom stereocenters. The number of oxazole rings is 1. The van der Waals surface area contributed by atoms with Gasteiger partial charge in [0.15, 0.2) is 5.89 Å². The van der Waals surface area contributed by atoms with Gasteiger partial charge in [0.1, 0.15) is 29.7 Å². The summed E-state index contributed by atoms with van der Waals surface area (Å²) in [6.45, 7) is 3.96. The summed E-state index contributed by atoms with van der Waals surface area (Å²) in [7, 11) is 1.95. The lowest BCUT2D eigenvalue weighted by Gasteiger charge is -2.30. The third kappa shape index (κ3) is 3.20. The molecule has 0 saturated carbocycles. The van der Waals surface area contributed by atoms with Crippen molar-refractivity contribution in [3.63, 3.8) is 0 Å². The number of hydrogen-bond donors (Lipinski definition) is 1. The maximum absolute atomic E-state index is 5.70. The van der Waals surface area contributed by atoms with Gasteiger partial charge in [0, 0.05) is 50.7 Å². The van der Waals surface area contributed by atoms with Gasteiger partial charge >= 0.3 is 0 Å². The van der Waals surface area contributed by atoms with Crippen LogP contribution in [0.4, 0.5) is 0 Å². The van der Waals surface area contributed by atoms with E-state index in [1.54, 1.807) is 0 Å². The maximum Gasteiger partial charge on any atom is 0.191 e. The number of fused-ring (bicyclic) bond motifs is 2. The molecule has 0 fully saturated rings. The van der Waals surface area contributed by atoms with E-state index in [1.165, 1.54) is 5.56 Å². The normalized spacial score (nSPS) is 20.3. The van der Waals surface area contributed by atoms with E-state index in [0.29, 0.717) is 19.0 Å². The molecule has 3 aromatic heterocycles. The Morgan fingerprint density at radius 1 is 1.26 bits per heavy atom. The number of amidine groups is 1. The van der Waals surface area contributed by atoms with Crippen LogP contribution in [0.2, 0.25) is 0 Å². The highest BCUT2D eigenvalue weighted by Gasteiger charge is 2.27. The standard InChI is InChI=1S/C22H24N8O/c1-13-26-19-11-30(6-5-20(19)31-13)21-8-18(23-12-24-21)22-16-7-14(3-4-17(16)27-28-22)15-9-25-29(2)10-15/h4,7,9-10,14,27H,3,5-6,8,11-12H2,1-2H3. The fraction of sp³-hybridized carbons (Fsp3) is 0.409. The molecular weight excluding hydrogens is 392 g/mol. The number of H-pyrrole nitrogens is 1. The van der Waals surface area contributed by atoms with E-state index < -0.39 is 0 Å². The summed E-state index contributed by atoms with van der Waals surface area (Å²) in [5.74, 6) is 3.09. The van der Waals surface area contributed by atoms with E-state index in [2.05, 4.69) is 43.5 Å². The molecule has 3 aliphatic rings. The molecule has 3 aromatic rings. The van der Waals surface area contributed by atoms with Gasteiger partial charge in [-0.25, -0.2) is 9.98 Å². The molecule has 1 aliphatic carbocycles. The Bertz CT molecular complexity index is 1340. The van der Waals surface area contributed by atoms with Crippen molar-refractivity contribution < 1.29 is 4.42 Å². The van der Waals surface area contributed by atoms with Crippen LogP contribution in [0.25, 0.3) is 12.2 Å². The second-order valence-corrected chi connectivity index (χ2v) is 8.33. The minimum atomic E-state index is 0.297. The number of aromatic amines is 1. The second kappa shape index (κ2) is 7.04. The van der Waals surface area contributed by atoms with Crippen molar-refractivity contribution in [3.05, 3.63) is 51.6 Å². The van der Waals surface area contributed by atoms with Gasteiger partial charge in [-0.05, 0) is 12.0 Å². The van der Waals surface area contributed by atoms with Gasteiger partial charge in [-0.3, -0.25) is 14.8 Å². The Labute approximate surface area is 178 Å². The van der Waals surface area contributed by atoms with Crippen LogP contribution in [0.1, 0.15) is 47.4 Å². The lowest BCUT2D eigenvalue weighted by Crippen LogP contribution is -2.39. The Balaban J connectivity index is 1.27. The highest BCUT2D eigenvalue weighted by atomic mass is 16.4. The minimum Gasteiger partial charge on any atom is -0.446 e. The van der Waals surface area contributed by atoms with Crippen LogP contribution in [-0.4, -0.2) is 54.6 Å². The summed E-state index contributed by atoms with van der Waals surface area (Å²) >= 11 is 0. The number of hydrogen-bond acceptors (Lipinski definition) is 7. The molecule has 0 amide bonds. The van der Waals surface area contributed by atoms with E-state index >= 15 is 0 Å². The average Bonchev–Trinajstić information content (AvgIpc) is 3.49. The second-order valence-electron chi connectivity index (χ2n) is 8.33. The Morgan fingerprint density at radius 3 is 3.06 bits per heavy atom. The van der Waals surface area contributed by atoms with Crippen molar-refractivity contribution in [2.75, 3.05) is 13.2 Å². The van der Waals surface area contributed by atoms with E-state index in [9.17, 15) is 0 Å². The van der Waals surface area contributed by atoms with Crippen molar-refractivity contribution in [2.24, 2.45) is 17.0 Å². The molecule has 0 saturated heterocycles. The van der Waals surface area contributed by atoms with Crippen molar-refractivity contribution in [1.29, 1.82) is 0 Å². The fourth-order valence-electron chi connectivity index (χ4n) is 4.67. The molecule has 9 nitrogen and oxygen atoms in total. The van der Waals surface area contributed by atoms with Crippen LogP contribution in [0, 0.1) is 6.92 Å². The van der Waals surface area contributed by atoms with Crippen LogP contribution in [0.5, 0.6) is 0 Å². The quantitative estimate of drug-likeness (QED) is 0.666. The lowest BCUT2D eigenvalue weighted by molar-refractivity contribution is 0.351. The van der Waals surface area contributed by atoms with Crippen molar-refractivity contribution >= 4 is 23.7 Å². The number of aliphatic imine (C=N–C) groups is 2. The maximum atomic E-state index is 5.70. The van der Waals surface area contributed by atoms with Gasteiger partial charge in [0.05, 0.1) is 23.8 Å². The number of nitrogens with one attached hydrogen (secondary N) is 1. The van der Waals surface area contributed by atoms with Gasteiger partial charge in [-0.2, -0.15) is 10.2 Å². The van der Waals surface area contributed by atoms with Crippen LogP contribution >= 0.6 is 0 Å². The van der Waals surface area contributed by atoms with Crippen LogP contribution < -0.4 is 10.6 Å². The SMILES string of the molecule is Cc1nc2c(o1)CCN(C1=NCN=C(c3n[nH]c4c3=CC(c3cnn(C)c3)CC=4)C1)C2. The first kappa shape index (κ1) is 18.3. The third-order valence-electron chi connectivity index (χ3n) is 6.24. The van der Waals surface area contributed by atoms with Gasteiger partial charge in [-0.1, -0.05) is 12.2 Å². The zero-order valence-corrected chi connectivity index (χ0v) is 17.7. The minimum absolute atomic E-state index is 0.297. The third-order valence-corrected chi connectivity index (χ3v) is 6.24. The number of aryl methyl sites for hydroxylation is 2. The lowest BCUT2D eigenvalue weighted by atomic mass is 9.93. The summed E-state index contributed by atoms with van der Waals surface area (Å²) in [6, 6.07) is 0. The van der Waals surface area contributed by atoms with Gasteiger partial charge in [-0.15, -0.1) is 0 Å². The molecule has 9 heteroatoms. The first-order valence-corrected chi connectivity index (χ1v) is 10.7. The van der Waals surface area contributed by atoms with Crippen molar-refractivity contribution in [3.8, 4) is 0 Å². The molecule has 5 heterocycles. The van der Waals surface area contributed by atoms with Crippen molar-refractivity contribution in [1.82, 2.24) is 29.9 Å². The fourth-order valence-corrected chi connectivity index (χ4v) is 4.67. The first-order valence-electron chi connectivity index (χ1n) is 10.7. The smallest absolute Gasteiger partial charge is 0.191 e. The largest absolute Gasteiger partial charge is 0.446 e. The summed E-state index contributed by atoms with van der Waals surface area (Å²) in [4.78, 5) is 16.2. The van der Waals surface area contributed by atoms with Crippen LogP contribution in [-0.2, 0) is 20.0 Å². The van der Waals surface area contributed by atoms with Crippen LogP contribution in [0.3, 0.4) is 0 Å². The molecule has 31 heavy (non-hydrogen) atoms. The van der Waals surface area contributed by atoms with Gasteiger partial charge < -0.3 is 9.32 Å². The molecule has 158 valence electrons. The summed E-state index contributed by atoms with van der Waals surface area (Å²) < 4.78 is 7.55. The molecule has 0 radical (unpaired) electrons.